The Bertz CT molecular complexity index is 2740. The standard InChI is InChI=1S/C50H37N3O/c1-3-13-34(14-4-1)35-23-27-37(28-24-35)49-51-52-50(54-49)38-29-25-36(26-30-38)41-17-7-9-19-43(41)44-20-10-8-18-42(44)39-31-32-48-46(33-39)45-21-11-12-22-47(45)53(48)40-15-5-2-6-16-40/h2-3,5-11,13-21,23-33H,1,4,12,22H2. The van der Waals surface area contributed by atoms with Crippen molar-refractivity contribution < 1.29 is 4.42 Å². The summed E-state index contributed by atoms with van der Waals surface area (Å²) in [6.45, 7) is 0. The van der Waals surface area contributed by atoms with Gasteiger partial charge in [-0.2, -0.15) is 0 Å². The van der Waals surface area contributed by atoms with E-state index in [2.05, 4.69) is 191 Å². The lowest BCUT2D eigenvalue weighted by atomic mass is 9.89. The van der Waals surface area contributed by atoms with Crippen molar-refractivity contribution in [1.29, 1.82) is 0 Å². The van der Waals surface area contributed by atoms with Crippen LogP contribution in [0.2, 0.25) is 0 Å². The molecule has 0 amide bonds. The number of fused-ring (bicyclic) bond motifs is 3. The van der Waals surface area contributed by atoms with E-state index in [0.29, 0.717) is 11.8 Å². The molecule has 0 bridgehead atoms. The van der Waals surface area contributed by atoms with Gasteiger partial charge in [0.25, 0.3) is 0 Å². The van der Waals surface area contributed by atoms with Crippen LogP contribution in [0.1, 0.15) is 36.1 Å². The van der Waals surface area contributed by atoms with Gasteiger partial charge in [-0.15, -0.1) is 10.2 Å². The predicted molar refractivity (Wildman–Crippen MR) is 222 cm³/mol. The maximum absolute atomic E-state index is 6.18. The highest BCUT2D eigenvalue weighted by atomic mass is 16.4. The molecule has 0 unspecified atom stereocenters. The van der Waals surface area contributed by atoms with Crippen molar-refractivity contribution in [2.45, 2.75) is 25.7 Å². The maximum Gasteiger partial charge on any atom is 0.248 e. The third kappa shape index (κ3) is 5.73. The van der Waals surface area contributed by atoms with Crippen LogP contribution in [0.4, 0.5) is 0 Å². The van der Waals surface area contributed by atoms with Gasteiger partial charge in [0, 0.05) is 33.5 Å². The van der Waals surface area contributed by atoms with Crippen molar-refractivity contribution in [1.82, 2.24) is 14.8 Å². The zero-order chi connectivity index (χ0) is 35.8. The highest BCUT2D eigenvalue weighted by molar-refractivity contribution is 5.99. The molecule has 0 fully saturated rings. The lowest BCUT2D eigenvalue weighted by Crippen LogP contribution is -2.02. The molecule has 0 saturated heterocycles. The molecule has 10 rings (SSSR count). The van der Waals surface area contributed by atoms with Crippen molar-refractivity contribution in [3.8, 4) is 62.0 Å². The zero-order valence-electron chi connectivity index (χ0n) is 29.8. The highest BCUT2D eigenvalue weighted by Gasteiger charge is 2.20. The van der Waals surface area contributed by atoms with E-state index < -0.39 is 0 Å². The molecule has 0 spiro atoms. The first-order valence-corrected chi connectivity index (χ1v) is 18.8. The number of benzene rings is 6. The molecule has 0 radical (unpaired) electrons. The summed E-state index contributed by atoms with van der Waals surface area (Å²) in [5.41, 5.74) is 16.5. The summed E-state index contributed by atoms with van der Waals surface area (Å²) in [6, 6.07) is 52.0. The second kappa shape index (κ2) is 13.6. The third-order valence-corrected chi connectivity index (χ3v) is 10.7. The topological polar surface area (TPSA) is 43.9 Å². The van der Waals surface area contributed by atoms with Gasteiger partial charge < -0.3 is 8.98 Å². The van der Waals surface area contributed by atoms with Gasteiger partial charge in [-0.05, 0) is 119 Å². The minimum atomic E-state index is 0.505. The maximum atomic E-state index is 6.18. The Kier molecular flexibility index (Phi) is 8.07. The minimum absolute atomic E-state index is 0.505. The molecule has 0 N–H and O–H groups in total. The molecular weight excluding hydrogens is 659 g/mol. The normalized spacial score (nSPS) is 13.6. The first kappa shape index (κ1) is 31.9. The van der Waals surface area contributed by atoms with Gasteiger partial charge in [-0.3, -0.25) is 0 Å². The van der Waals surface area contributed by atoms with Gasteiger partial charge in [-0.25, -0.2) is 0 Å². The molecule has 258 valence electrons. The molecular formula is C50H37N3O. The van der Waals surface area contributed by atoms with E-state index in [1.165, 1.54) is 66.8 Å². The second-order valence-corrected chi connectivity index (χ2v) is 14.0. The van der Waals surface area contributed by atoms with Crippen LogP contribution in [-0.2, 0) is 6.42 Å². The molecule has 2 aliphatic rings. The first-order valence-electron chi connectivity index (χ1n) is 18.8. The molecule has 4 heteroatoms. The van der Waals surface area contributed by atoms with Crippen molar-refractivity contribution in [2.75, 3.05) is 0 Å². The van der Waals surface area contributed by atoms with Crippen LogP contribution in [0.3, 0.4) is 0 Å². The zero-order valence-corrected chi connectivity index (χ0v) is 29.8. The third-order valence-electron chi connectivity index (χ3n) is 10.7. The van der Waals surface area contributed by atoms with Crippen LogP contribution in [0, 0.1) is 0 Å². The molecule has 6 aromatic carbocycles. The Hall–Kier alpha value is -6.78. The fourth-order valence-electron chi connectivity index (χ4n) is 8.08. The number of hydrogen-bond donors (Lipinski definition) is 0. The molecule has 2 aromatic heterocycles. The summed E-state index contributed by atoms with van der Waals surface area (Å²) >= 11 is 0. The van der Waals surface area contributed by atoms with Gasteiger partial charge >= 0.3 is 0 Å². The fraction of sp³-hybridized carbons (Fsp3) is 0.0800. The van der Waals surface area contributed by atoms with Gasteiger partial charge in [0.05, 0.1) is 5.52 Å². The number of hydrogen-bond acceptors (Lipinski definition) is 3. The lowest BCUT2D eigenvalue weighted by Gasteiger charge is -2.15. The van der Waals surface area contributed by atoms with E-state index in [0.717, 1.165) is 42.4 Å². The summed E-state index contributed by atoms with van der Waals surface area (Å²) in [7, 11) is 0. The molecule has 0 aliphatic heterocycles. The summed E-state index contributed by atoms with van der Waals surface area (Å²) in [5, 5.41) is 10.1. The molecule has 8 aromatic rings. The summed E-state index contributed by atoms with van der Waals surface area (Å²) in [5.74, 6) is 1.02. The van der Waals surface area contributed by atoms with Crippen molar-refractivity contribution >= 4 is 22.6 Å². The van der Waals surface area contributed by atoms with Crippen molar-refractivity contribution in [2.24, 2.45) is 0 Å². The monoisotopic (exact) mass is 695 g/mol. The van der Waals surface area contributed by atoms with E-state index in [4.69, 9.17) is 4.42 Å². The van der Waals surface area contributed by atoms with Crippen LogP contribution in [0.25, 0.3) is 84.5 Å². The second-order valence-electron chi connectivity index (χ2n) is 14.0. The molecule has 0 atom stereocenters. The Balaban J connectivity index is 0.969. The SMILES string of the molecule is C1=CC(c2ccc(-c3nnc(-c4ccc(-c5ccccc5-c5ccccc5-c5ccc6c(c5)c5c(n6-c6ccccc6)CCC=C5)cc4)o3)cc2)=CCC1. The van der Waals surface area contributed by atoms with Crippen molar-refractivity contribution in [3.63, 3.8) is 0 Å². The Morgan fingerprint density at radius 3 is 1.72 bits per heavy atom. The first-order chi connectivity index (χ1) is 26.8. The molecule has 2 heterocycles. The minimum Gasteiger partial charge on any atom is -0.416 e. The van der Waals surface area contributed by atoms with Crippen LogP contribution < -0.4 is 0 Å². The average Bonchev–Trinajstić information content (AvgIpc) is 3.88. The average molecular weight is 696 g/mol. The summed E-state index contributed by atoms with van der Waals surface area (Å²) < 4.78 is 8.63. The van der Waals surface area contributed by atoms with Gasteiger partial charge in [0.1, 0.15) is 0 Å². The van der Waals surface area contributed by atoms with Crippen molar-refractivity contribution in [3.05, 3.63) is 187 Å². The number of allylic oxidation sites excluding steroid dienone is 5. The summed E-state index contributed by atoms with van der Waals surface area (Å²) in [4.78, 5) is 0. The Morgan fingerprint density at radius 2 is 1.06 bits per heavy atom. The fourth-order valence-corrected chi connectivity index (χ4v) is 8.08. The Morgan fingerprint density at radius 1 is 0.481 bits per heavy atom. The van der Waals surface area contributed by atoms with Crippen LogP contribution in [0.15, 0.2) is 174 Å². The Labute approximate surface area is 315 Å². The summed E-state index contributed by atoms with van der Waals surface area (Å²) in [6.07, 6.45) is 15.6. The molecule has 0 saturated carbocycles. The number of para-hydroxylation sites is 1. The van der Waals surface area contributed by atoms with Gasteiger partial charge in [0.15, 0.2) is 0 Å². The quantitative estimate of drug-likeness (QED) is 0.167. The largest absolute Gasteiger partial charge is 0.416 e. The lowest BCUT2D eigenvalue weighted by molar-refractivity contribution is 0.584. The van der Waals surface area contributed by atoms with Crippen LogP contribution >= 0.6 is 0 Å². The van der Waals surface area contributed by atoms with Gasteiger partial charge in [0.2, 0.25) is 11.8 Å². The van der Waals surface area contributed by atoms with E-state index in [1.807, 2.05) is 0 Å². The van der Waals surface area contributed by atoms with E-state index >= 15 is 0 Å². The van der Waals surface area contributed by atoms with E-state index in [1.54, 1.807) is 0 Å². The van der Waals surface area contributed by atoms with E-state index in [9.17, 15) is 0 Å². The van der Waals surface area contributed by atoms with Crippen LogP contribution in [0.5, 0.6) is 0 Å². The predicted octanol–water partition coefficient (Wildman–Crippen LogP) is 13.0. The smallest absolute Gasteiger partial charge is 0.248 e. The van der Waals surface area contributed by atoms with Gasteiger partial charge in [-0.1, -0.05) is 127 Å². The number of aromatic nitrogens is 3. The number of nitrogens with zero attached hydrogens (tertiary/aromatic N) is 3. The molecule has 2 aliphatic carbocycles. The van der Waals surface area contributed by atoms with Crippen LogP contribution in [-0.4, -0.2) is 14.8 Å². The highest BCUT2D eigenvalue weighted by Crippen LogP contribution is 2.41. The van der Waals surface area contributed by atoms with E-state index in [-0.39, 0.29) is 0 Å². The molecule has 54 heavy (non-hydrogen) atoms. The number of rotatable bonds is 7. The molecule has 4 nitrogen and oxygen atoms in total.